The van der Waals surface area contributed by atoms with E-state index in [0.29, 0.717) is 10.8 Å². The minimum atomic E-state index is -0.962. The van der Waals surface area contributed by atoms with Gasteiger partial charge in [-0.05, 0) is 12.1 Å². The summed E-state index contributed by atoms with van der Waals surface area (Å²) in [4.78, 5) is 10.1. The van der Waals surface area contributed by atoms with Crippen LogP contribution < -0.4 is 0 Å². The maximum absolute atomic E-state index is 12.9. The molecule has 0 heterocycles. The molecule has 12 heavy (non-hydrogen) atoms. The number of benzene rings is 1. The molecule has 0 fully saturated rings. The molecule has 1 aromatic rings. The summed E-state index contributed by atoms with van der Waals surface area (Å²) in [6.45, 7) is 0. The van der Waals surface area contributed by atoms with Crippen LogP contribution in [0.25, 0.3) is 0 Å². The zero-order valence-corrected chi connectivity index (χ0v) is 7.57. The van der Waals surface area contributed by atoms with E-state index in [1.54, 1.807) is 0 Å². The summed E-state index contributed by atoms with van der Waals surface area (Å²) in [7, 11) is 0. The molecular formula is C8H5BrF2O. The van der Waals surface area contributed by atoms with E-state index in [1.807, 2.05) is 0 Å². The SMILES string of the molecule is O=CCc1c(Br)ccc(F)c1F. The highest BCUT2D eigenvalue weighted by Crippen LogP contribution is 2.21. The summed E-state index contributed by atoms with van der Waals surface area (Å²) in [6, 6.07) is 2.38. The maximum Gasteiger partial charge on any atom is 0.163 e. The molecule has 0 N–H and O–H groups in total. The van der Waals surface area contributed by atoms with Gasteiger partial charge in [-0.2, -0.15) is 0 Å². The highest BCUT2D eigenvalue weighted by molar-refractivity contribution is 9.10. The lowest BCUT2D eigenvalue weighted by Crippen LogP contribution is -1.96. The van der Waals surface area contributed by atoms with Crippen LogP contribution in [0.1, 0.15) is 5.56 Å². The molecule has 0 bridgehead atoms. The third-order valence-corrected chi connectivity index (χ3v) is 2.17. The summed E-state index contributed by atoms with van der Waals surface area (Å²) < 4.78 is 25.9. The summed E-state index contributed by atoms with van der Waals surface area (Å²) in [5.74, 6) is -1.90. The van der Waals surface area contributed by atoms with E-state index < -0.39 is 11.6 Å². The first-order chi connectivity index (χ1) is 5.66. The van der Waals surface area contributed by atoms with Crippen LogP contribution in [0.3, 0.4) is 0 Å². The third-order valence-electron chi connectivity index (χ3n) is 1.43. The van der Waals surface area contributed by atoms with E-state index in [4.69, 9.17) is 0 Å². The van der Waals surface area contributed by atoms with Gasteiger partial charge in [0.1, 0.15) is 6.29 Å². The van der Waals surface area contributed by atoms with Crippen LogP contribution in [0, 0.1) is 11.6 Å². The number of carbonyl (C=O) groups is 1. The lowest BCUT2D eigenvalue weighted by molar-refractivity contribution is -0.107. The molecular weight excluding hydrogens is 230 g/mol. The standard InChI is InChI=1S/C8H5BrF2O/c9-6-1-2-7(10)8(11)5(6)3-4-12/h1-2,4H,3H2. The van der Waals surface area contributed by atoms with Gasteiger partial charge in [-0.15, -0.1) is 0 Å². The lowest BCUT2D eigenvalue weighted by atomic mass is 10.1. The Morgan fingerprint density at radius 3 is 2.67 bits per heavy atom. The maximum atomic E-state index is 12.9. The van der Waals surface area contributed by atoms with Gasteiger partial charge in [0.05, 0.1) is 0 Å². The summed E-state index contributed by atoms with van der Waals surface area (Å²) in [6.07, 6.45) is 0.410. The monoisotopic (exact) mass is 234 g/mol. The first-order valence-electron chi connectivity index (χ1n) is 3.23. The molecule has 0 atom stereocenters. The topological polar surface area (TPSA) is 17.1 Å². The Morgan fingerprint density at radius 1 is 1.42 bits per heavy atom. The van der Waals surface area contributed by atoms with Crippen LogP contribution in [-0.2, 0) is 11.2 Å². The molecule has 0 spiro atoms. The van der Waals surface area contributed by atoms with Crippen molar-refractivity contribution >= 4 is 22.2 Å². The van der Waals surface area contributed by atoms with Gasteiger partial charge in [-0.1, -0.05) is 15.9 Å². The Morgan fingerprint density at radius 2 is 2.08 bits per heavy atom. The Labute approximate surface area is 76.5 Å². The molecule has 0 amide bonds. The average molecular weight is 235 g/mol. The van der Waals surface area contributed by atoms with Crippen molar-refractivity contribution in [3.8, 4) is 0 Å². The number of hydrogen-bond donors (Lipinski definition) is 0. The Bertz CT molecular complexity index is 312. The van der Waals surface area contributed by atoms with E-state index in [9.17, 15) is 13.6 Å². The Hall–Kier alpha value is -0.770. The van der Waals surface area contributed by atoms with Crippen LogP contribution in [-0.4, -0.2) is 6.29 Å². The molecule has 0 saturated heterocycles. The van der Waals surface area contributed by atoms with Gasteiger partial charge in [0.25, 0.3) is 0 Å². The molecule has 1 rings (SSSR count). The number of carbonyl (C=O) groups excluding carboxylic acids is 1. The smallest absolute Gasteiger partial charge is 0.163 e. The first kappa shape index (κ1) is 9.32. The summed E-state index contributed by atoms with van der Waals surface area (Å²) in [5, 5.41) is 0. The summed E-state index contributed by atoms with van der Waals surface area (Å²) in [5.41, 5.74) is 0.0602. The molecule has 0 aliphatic rings. The van der Waals surface area contributed by atoms with E-state index in [2.05, 4.69) is 15.9 Å². The average Bonchev–Trinajstić information content (AvgIpc) is 2.06. The fourth-order valence-corrected chi connectivity index (χ4v) is 1.31. The predicted molar refractivity (Wildman–Crippen MR) is 43.8 cm³/mol. The quantitative estimate of drug-likeness (QED) is 0.568. The van der Waals surface area contributed by atoms with Crippen molar-refractivity contribution in [1.82, 2.24) is 0 Å². The Balaban J connectivity index is 3.22. The van der Waals surface area contributed by atoms with Crippen molar-refractivity contribution in [3.05, 3.63) is 33.8 Å². The normalized spacial score (nSPS) is 9.92. The molecule has 0 aliphatic carbocycles. The fraction of sp³-hybridized carbons (Fsp3) is 0.125. The van der Waals surface area contributed by atoms with E-state index in [0.717, 1.165) is 6.07 Å². The van der Waals surface area contributed by atoms with Crippen LogP contribution >= 0.6 is 15.9 Å². The van der Waals surface area contributed by atoms with E-state index in [1.165, 1.54) is 6.07 Å². The van der Waals surface area contributed by atoms with Crippen molar-refractivity contribution in [2.75, 3.05) is 0 Å². The van der Waals surface area contributed by atoms with Crippen molar-refractivity contribution < 1.29 is 13.6 Å². The highest BCUT2D eigenvalue weighted by Gasteiger charge is 2.10. The van der Waals surface area contributed by atoms with Crippen LogP contribution in [0.4, 0.5) is 8.78 Å². The number of hydrogen-bond acceptors (Lipinski definition) is 1. The number of rotatable bonds is 2. The van der Waals surface area contributed by atoms with Gasteiger partial charge in [0.15, 0.2) is 11.6 Å². The largest absolute Gasteiger partial charge is 0.303 e. The zero-order valence-electron chi connectivity index (χ0n) is 5.98. The lowest BCUT2D eigenvalue weighted by Gasteiger charge is -2.01. The second-order valence-electron chi connectivity index (χ2n) is 2.19. The predicted octanol–water partition coefficient (Wildman–Crippen LogP) is 2.47. The van der Waals surface area contributed by atoms with Gasteiger partial charge in [-0.3, -0.25) is 0 Å². The molecule has 0 radical (unpaired) electrons. The minimum absolute atomic E-state index is 0.0602. The van der Waals surface area contributed by atoms with Crippen molar-refractivity contribution in [1.29, 1.82) is 0 Å². The molecule has 64 valence electrons. The van der Waals surface area contributed by atoms with Crippen LogP contribution in [0.15, 0.2) is 16.6 Å². The molecule has 4 heteroatoms. The van der Waals surface area contributed by atoms with Crippen molar-refractivity contribution in [2.45, 2.75) is 6.42 Å². The van der Waals surface area contributed by atoms with Gasteiger partial charge in [-0.25, -0.2) is 8.78 Å². The van der Waals surface area contributed by atoms with Gasteiger partial charge in [0.2, 0.25) is 0 Å². The first-order valence-corrected chi connectivity index (χ1v) is 4.02. The fourth-order valence-electron chi connectivity index (χ4n) is 0.840. The zero-order chi connectivity index (χ0) is 9.14. The van der Waals surface area contributed by atoms with Gasteiger partial charge >= 0.3 is 0 Å². The molecule has 0 unspecified atom stereocenters. The van der Waals surface area contributed by atoms with Crippen molar-refractivity contribution in [2.24, 2.45) is 0 Å². The third kappa shape index (κ3) is 1.69. The summed E-state index contributed by atoms with van der Waals surface area (Å²) >= 11 is 3.02. The molecule has 0 aromatic heterocycles. The molecule has 1 aromatic carbocycles. The highest BCUT2D eigenvalue weighted by atomic mass is 79.9. The molecule has 1 nitrogen and oxygen atoms in total. The van der Waals surface area contributed by atoms with Crippen molar-refractivity contribution in [3.63, 3.8) is 0 Å². The second kappa shape index (κ2) is 3.76. The molecule has 0 aliphatic heterocycles. The minimum Gasteiger partial charge on any atom is -0.303 e. The second-order valence-corrected chi connectivity index (χ2v) is 3.05. The van der Waals surface area contributed by atoms with Gasteiger partial charge < -0.3 is 4.79 Å². The molecule has 0 saturated carbocycles. The number of halogens is 3. The number of aldehydes is 1. The van der Waals surface area contributed by atoms with E-state index in [-0.39, 0.29) is 12.0 Å². The van der Waals surface area contributed by atoms with E-state index >= 15 is 0 Å². The van der Waals surface area contributed by atoms with Gasteiger partial charge in [0, 0.05) is 16.5 Å². The van der Waals surface area contributed by atoms with Crippen LogP contribution in [0.5, 0.6) is 0 Å². The Kier molecular flexibility index (Phi) is 2.92. The van der Waals surface area contributed by atoms with Crippen LogP contribution in [0.2, 0.25) is 0 Å².